The summed E-state index contributed by atoms with van der Waals surface area (Å²) < 4.78 is 6.50. The van der Waals surface area contributed by atoms with E-state index < -0.39 is 11.8 Å². The Hall–Kier alpha value is -1.96. The first-order chi connectivity index (χ1) is 8.59. The van der Waals surface area contributed by atoms with E-state index >= 15 is 0 Å². The minimum Gasteiger partial charge on any atom is -0.379 e. The zero-order valence-corrected chi connectivity index (χ0v) is 10.4. The van der Waals surface area contributed by atoms with Gasteiger partial charge in [-0.2, -0.15) is 0 Å². The van der Waals surface area contributed by atoms with Crippen LogP contribution in [0.4, 0.5) is 0 Å². The number of amides is 2. The lowest BCUT2D eigenvalue weighted by atomic mass is 10.4. The van der Waals surface area contributed by atoms with Gasteiger partial charge in [-0.25, -0.2) is 4.68 Å². The second-order valence-corrected chi connectivity index (χ2v) is 3.84. The Morgan fingerprint density at radius 2 is 1.94 bits per heavy atom. The average molecular weight is 255 g/mol. The Bertz CT molecular complexity index is 377. The van der Waals surface area contributed by atoms with E-state index in [-0.39, 0.29) is 6.10 Å². The van der Waals surface area contributed by atoms with Crippen LogP contribution in [0.5, 0.6) is 0 Å². The SMILES string of the molecule is CC(C)OCCCNC(=O)C(=O)Nn1cnnc1. The van der Waals surface area contributed by atoms with Gasteiger partial charge in [-0.3, -0.25) is 15.0 Å². The molecule has 0 saturated carbocycles. The quantitative estimate of drug-likeness (QED) is 0.516. The fraction of sp³-hybridized carbons (Fsp3) is 0.600. The fourth-order valence-corrected chi connectivity index (χ4v) is 1.10. The van der Waals surface area contributed by atoms with Gasteiger partial charge >= 0.3 is 11.8 Å². The molecule has 0 bridgehead atoms. The van der Waals surface area contributed by atoms with E-state index in [9.17, 15) is 9.59 Å². The number of hydrogen-bond donors (Lipinski definition) is 2. The number of hydrogen-bond acceptors (Lipinski definition) is 5. The first kappa shape index (κ1) is 14.1. The molecule has 1 rings (SSSR count). The molecule has 0 aromatic carbocycles. The van der Waals surface area contributed by atoms with Crippen molar-refractivity contribution in [3.05, 3.63) is 12.7 Å². The van der Waals surface area contributed by atoms with Gasteiger partial charge in [-0.05, 0) is 20.3 Å². The number of rotatable bonds is 6. The predicted molar refractivity (Wildman–Crippen MR) is 63.1 cm³/mol. The number of nitrogens with one attached hydrogen (secondary N) is 2. The highest BCUT2D eigenvalue weighted by Crippen LogP contribution is 1.89. The van der Waals surface area contributed by atoms with E-state index in [1.165, 1.54) is 17.3 Å². The summed E-state index contributed by atoms with van der Waals surface area (Å²) in [4.78, 5) is 22.7. The standard InChI is InChI=1S/C10H17N5O3/c1-8(2)18-5-3-4-11-9(16)10(17)14-15-6-12-13-7-15/h6-8H,3-5H2,1-2H3,(H,11,16)(H,14,17). The normalized spacial score (nSPS) is 10.4. The third kappa shape index (κ3) is 5.39. The van der Waals surface area contributed by atoms with E-state index in [0.29, 0.717) is 19.6 Å². The molecule has 100 valence electrons. The van der Waals surface area contributed by atoms with Crippen LogP contribution in [-0.2, 0) is 14.3 Å². The van der Waals surface area contributed by atoms with Crippen LogP contribution in [0.25, 0.3) is 0 Å². The Labute approximate surface area is 105 Å². The highest BCUT2D eigenvalue weighted by Gasteiger charge is 2.12. The van der Waals surface area contributed by atoms with E-state index in [4.69, 9.17) is 4.74 Å². The first-order valence-corrected chi connectivity index (χ1v) is 5.65. The van der Waals surface area contributed by atoms with E-state index in [1.807, 2.05) is 13.8 Å². The molecule has 8 heteroatoms. The summed E-state index contributed by atoms with van der Waals surface area (Å²) in [5, 5.41) is 9.46. The highest BCUT2D eigenvalue weighted by atomic mass is 16.5. The summed E-state index contributed by atoms with van der Waals surface area (Å²) in [6.45, 7) is 4.81. The lowest BCUT2D eigenvalue weighted by Crippen LogP contribution is -2.39. The first-order valence-electron chi connectivity index (χ1n) is 5.65. The molecule has 0 aliphatic carbocycles. The van der Waals surface area contributed by atoms with Crippen LogP contribution in [-0.4, -0.2) is 45.9 Å². The van der Waals surface area contributed by atoms with Gasteiger partial charge in [0.05, 0.1) is 6.10 Å². The van der Waals surface area contributed by atoms with E-state index in [1.54, 1.807) is 0 Å². The van der Waals surface area contributed by atoms with Crippen molar-refractivity contribution in [3.8, 4) is 0 Å². The smallest absolute Gasteiger partial charge is 0.328 e. The Morgan fingerprint density at radius 1 is 1.28 bits per heavy atom. The number of ether oxygens (including phenoxy) is 1. The van der Waals surface area contributed by atoms with Crippen molar-refractivity contribution in [1.29, 1.82) is 0 Å². The number of aromatic nitrogens is 3. The molecule has 2 N–H and O–H groups in total. The Kier molecular flexibility index (Phi) is 5.78. The lowest BCUT2D eigenvalue weighted by Gasteiger charge is -2.08. The largest absolute Gasteiger partial charge is 0.379 e. The molecule has 2 amide bonds. The molecule has 0 aliphatic heterocycles. The van der Waals surface area contributed by atoms with Crippen LogP contribution >= 0.6 is 0 Å². The van der Waals surface area contributed by atoms with Gasteiger partial charge in [-0.15, -0.1) is 10.2 Å². The van der Waals surface area contributed by atoms with Crippen LogP contribution in [0.3, 0.4) is 0 Å². The molecular weight excluding hydrogens is 238 g/mol. The molecule has 0 spiro atoms. The van der Waals surface area contributed by atoms with Crippen molar-refractivity contribution in [2.75, 3.05) is 18.6 Å². The molecule has 0 fully saturated rings. The third-order valence-corrected chi connectivity index (χ3v) is 1.91. The molecule has 0 unspecified atom stereocenters. The van der Waals surface area contributed by atoms with Crippen molar-refractivity contribution in [3.63, 3.8) is 0 Å². The molecule has 0 saturated heterocycles. The highest BCUT2D eigenvalue weighted by molar-refractivity contribution is 6.38. The summed E-state index contributed by atoms with van der Waals surface area (Å²) in [7, 11) is 0. The van der Waals surface area contributed by atoms with E-state index in [0.717, 1.165) is 0 Å². The average Bonchev–Trinajstić information content (AvgIpc) is 2.80. The van der Waals surface area contributed by atoms with Gasteiger partial charge in [0.1, 0.15) is 12.7 Å². The maximum Gasteiger partial charge on any atom is 0.328 e. The maximum atomic E-state index is 11.4. The molecule has 1 aromatic rings. The third-order valence-electron chi connectivity index (χ3n) is 1.91. The topological polar surface area (TPSA) is 98.1 Å². The monoisotopic (exact) mass is 255 g/mol. The Morgan fingerprint density at radius 3 is 2.56 bits per heavy atom. The minimum atomic E-state index is -0.764. The second kappa shape index (κ2) is 7.38. The molecule has 1 heterocycles. The molecule has 0 aliphatic rings. The Balaban J connectivity index is 2.14. The van der Waals surface area contributed by atoms with Gasteiger partial charge in [0.2, 0.25) is 0 Å². The molecule has 1 aromatic heterocycles. The van der Waals surface area contributed by atoms with Crippen molar-refractivity contribution in [1.82, 2.24) is 20.2 Å². The number of carbonyl (C=O) groups is 2. The molecule has 8 nitrogen and oxygen atoms in total. The fourth-order valence-electron chi connectivity index (χ4n) is 1.10. The summed E-state index contributed by atoms with van der Waals surface area (Å²) in [5.74, 6) is -1.46. The van der Waals surface area contributed by atoms with Crippen LogP contribution in [0.1, 0.15) is 20.3 Å². The maximum absolute atomic E-state index is 11.4. The lowest BCUT2D eigenvalue weighted by molar-refractivity contribution is -0.136. The van der Waals surface area contributed by atoms with Gasteiger partial charge in [0, 0.05) is 13.2 Å². The van der Waals surface area contributed by atoms with Gasteiger partial charge < -0.3 is 10.1 Å². The number of nitrogens with zero attached hydrogens (tertiary/aromatic N) is 3. The minimum absolute atomic E-state index is 0.165. The van der Waals surface area contributed by atoms with Crippen LogP contribution in [0.2, 0.25) is 0 Å². The van der Waals surface area contributed by atoms with Crippen molar-refractivity contribution in [2.45, 2.75) is 26.4 Å². The summed E-state index contributed by atoms with van der Waals surface area (Å²) >= 11 is 0. The van der Waals surface area contributed by atoms with Crippen LogP contribution in [0, 0.1) is 0 Å². The molecule has 18 heavy (non-hydrogen) atoms. The zero-order chi connectivity index (χ0) is 13.4. The predicted octanol–water partition coefficient (Wildman–Crippen LogP) is -0.720. The van der Waals surface area contributed by atoms with Crippen molar-refractivity contribution in [2.24, 2.45) is 0 Å². The summed E-state index contributed by atoms with van der Waals surface area (Å²) in [5.41, 5.74) is 2.29. The van der Waals surface area contributed by atoms with Gasteiger partial charge in [-0.1, -0.05) is 0 Å². The van der Waals surface area contributed by atoms with Gasteiger partial charge in [0.15, 0.2) is 0 Å². The van der Waals surface area contributed by atoms with Crippen LogP contribution in [0.15, 0.2) is 12.7 Å². The van der Waals surface area contributed by atoms with Crippen molar-refractivity contribution < 1.29 is 14.3 Å². The van der Waals surface area contributed by atoms with E-state index in [2.05, 4.69) is 20.9 Å². The van der Waals surface area contributed by atoms with Crippen molar-refractivity contribution >= 4 is 11.8 Å². The molecular formula is C10H17N5O3. The molecule has 0 atom stereocenters. The zero-order valence-electron chi connectivity index (χ0n) is 10.4. The van der Waals surface area contributed by atoms with Gasteiger partial charge in [0.25, 0.3) is 0 Å². The van der Waals surface area contributed by atoms with Crippen LogP contribution < -0.4 is 10.7 Å². The number of carbonyl (C=O) groups excluding carboxylic acids is 2. The molecule has 0 radical (unpaired) electrons. The summed E-state index contributed by atoms with van der Waals surface area (Å²) in [6, 6.07) is 0. The summed E-state index contributed by atoms with van der Waals surface area (Å²) in [6.07, 6.45) is 3.38. The second-order valence-electron chi connectivity index (χ2n) is 3.84.